The third-order valence-corrected chi connectivity index (χ3v) is 7.65. The van der Waals surface area contributed by atoms with Gasteiger partial charge in [-0.2, -0.15) is 0 Å². The number of piperidine rings is 1. The third kappa shape index (κ3) is 5.50. The maximum atomic E-state index is 11.2. The molecular formula is C30H42N4O. The molecule has 2 atom stereocenters. The fourth-order valence-corrected chi connectivity index (χ4v) is 5.72. The van der Waals surface area contributed by atoms with Crippen LogP contribution in [0.4, 0.5) is 0 Å². The van der Waals surface area contributed by atoms with Crippen molar-refractivity contribution < 1.29 is 4.79 Å². The van der Waals surface area contributed by atoms with Gasteiger partial charge in [-0.15, -0.1) is 0 Å². The maximum absolute atomic E-state index is 11.2. The Hall–Kier alpha value is -2.95. The van der Waals surface area contributed by atoms with Gasteiger partial charge in [0, 0.05) is 67.2 Å². The standard InChI is InChI=1S/C30H42N4O/c1-5-10-26-20-29(33-17-8-7-9-18-33)27-19-25(15-16-28(27)34(26)6-2)32(4)30(21-31-22-35)24-13-11-23(3)12-14-24/h10-13,16,19-22,24-25H,5-9,14-15,17-18H2,1-4H3,(H,31,35)/b26-10-,30-21-. The molecule has 0 bridgehead atoms. The average molecular weight is 475 g/mol. The summed E-state index contributed by atoms with van der Waals surface area (Å²) in [7, 11) is 2.17. The van der Waals surface area contributed by atoms with Crippen molar-refractivity contribution >= 4 is 6.41 Å². The summed E-state index contributed by atoms with van der Waals surface area (Å²) >= 11 is 0. The van der Waals surface area contributed by atoms with Crippen molar-refractivity contribution in [3.8, 4) is 0 Å². The van der Waals surface area contributed by atoms with Crippen molar-refractivity contribution in [2.45, 2.75) is 65.3 Å². The third-order valence-electron chi connectivity index (χ3n) is 7.65. The monoisotopic (exact) mass is 474 g/mol. The molecule has 0 radical (unpaired) electrons. The molecule has 2 aliphatic carbocycles. The van der Waals surface area contributed by atoms with E-state index in [2.05, 4.69) is 90.4 Å². The van der Waals surface area contributed by atoms with Gasteiger partial charge in [0.05, 0.1) is 6.04 Å². The van der Waals surface area contributed by atoms with E-state index in [-0.39, 0.29) is 12.0 Å². The number of hydrogen-bond donors (Lipinski definition) is 1. The lowest BCUT2D eigenvalue weighted by Crippen LogP contribution is -2.40. The first-order valence-electron chi connectivity index (χ1n) is 13.4. The molecule has 0 aromatic rings. The molecule has 4 aliphatic rings. The van der Waals surface area contributed by atoms with Crippen LogP contribution < -0.4 is 5.32 Å². The summed E-state index contributed by atoms with van der Waals surface area (Å²) in [5.74, 6) is 0.259. The number of nitrogens with zero attached hydrogens (tertiary/aromatic N) is 3. The van der Waals surface area contributed by atoms with Gasteiger partial charge in [-0.1, -0.05) is 49.0 Å². The first-order chi connectivity index (χ1) is 17.1. The number of likely N-dealkylation sites (tertiary alicyclic amines) is 1. The summed E-state index contributed by atoms with van der Waals surface area (Å²) in [5.41, 5.74) is 7.87. The van der Waals surface area contributed by atoms with Crippen molar-refractivity contribution in [1.82, 2.24) is 20.0 Å². The lowest BCUT2D eigenvalue weighted by Gasteiger charge is -2.43. The highest BCUT2D eigenvalue weighted by atomic mass is 16.1. The Balaban J connectivity index is 1.69. The van der Waals surface area contributed by atoms with E-state index in [0.717, 1.165) is 51.0 Å². The molecule has 2 aliphatic heterocycles. The van der Waals surface area contributed by atoms with E-state index in [9.17, 15) is 4.79 Å². The molecular weight excluding hydrogens is 432 g/mol. The Bertz CT molecular complexity index is 1000. The molecule has 1 amide bonds. The molecule has 1 saturated heterocycles. The van der Waals surface area contributed by atoms with E-state index in [0.29, 0.717) is 0 Å². The second kappa shape index (κ2) is 11.7. The Morgan fingerprint density at radius 2 is 1.94 bits per heavy atom. The number of allylic oxidation sites excluding steroid dienone is 6. The first-order valence-corrected chi connectivity index (χ1v) is 13.4. The summed E-state index contributed by atoms with van der Waals surface area (Å²) in [6.45, 7) is 9.84. The van der Waals surface area contributed by atoms with Gasteiger partial charge in [0.2, 0.25) is 6.41 Å². The summed E-state index contributed by atoms with van der Waals surface area (Å²) < 4.78 is 0. The SMILES string of the molecule is CC/C=C1/C=C(N2CCCCC2)C2=CC(N(C)/C(=C\NC=O)C3C=CC(C)=CC3)CC=C2N1CC. The number of nitrogens with one attached hydrogen (secondary N) is 1. The van der Waals surface area contributed by atoms with Gasteiger partial charge >= 0.3 is 0 Å². The lowest BCUT2D eigenvalue weighted by molar-refractivity contribution is -0.108. The van der Waals surface area contributed by atoms with Crippen LogP contribution in [0.15, 0.2) is 82.7 Å². The predicted octanol–water partition coefficient (Wildman–Crippen LogP) is 5.61. The van der Waals surface area contributed by atoms with Crippen LogP contribution in [-0.4, -0.2) is 53.8 Å². The van der Waals surface area contributed by atoms with Crippen molar-refractivity contribution in [2.24, 2.45) is 5.92 Å². The van der Waals surface area contributed by atoms with Crippen LogP contribution in [0.5, 0.6) is 0 Å². The average Bonchev–Trinajstić information content (AvgIpc) is 2.89. The Kier molecular flexibility index (Phi) is 8.37. The minimum absolute atomic E-state index is 0.234. The number of carbonyl (C=O) groups excluding carboxylic acids is 1. The molecule has 0 spiro atoms. The molecule has 0 aromatic carbocycles. The summed E-state index contributed by atoms with van der Waals surface area (Å²) in [6.07, 6.45) is 25.9. The van der Waals surface area contributed by atoms with E-state index < -0.39 is 0 Å². The topological polar surface area (TPSA) is 38.8 Å². The van der Waals surface area contributed by atoms with Crippen LogP contribution in [0.1, 0.15) is 59.3 Å². The molecule has 0 aromatic heterocycles. The number of rotatable bonds is 8. The van der Waals surface area contributed by atoms with Crippen molar-refractivity contribution in [3.05, 3.63) is 82.7 Å². The highest BCUT2D eigenvalue weighted by Gasteiger charge is 2.32. The largest absolute Gasteiger partial charge is 0.371 e. The van der Waals surface area contributed by atoms with Gasteiger partial charge in [0.15, 0.2) is 0 Å². The van der Waals surface area contributed by atoms with Crippen LogP contribution in [0.2, 0.25) is 0 Å². The molecule has 1 N–H and O–H groups in total. The fraction of sp³-hybridized carbons (Fsp3) is 0.500. The van der Waals surface area contributed by atoms with Gasteiger partial charge in [-0.05, 0) is 58.4 Å². The number of hydrogen-bond acceptors (Lipinski definition) is 4. The zero-order valence-electron chi connectivity index (χ0n) is 22.0. The van der Waals surface area contributed by atoms with Crippen molar-refractivity contribution in [1.29, 1.82) is 0 Å². The Morgan fingerprint density at radius 3 is 2.60 bits per heavy atom. The molecule has 5 heteroatoms. The smallest absolute Gasteiger partial charge is 0.211 e. The molecule has 2 heterocycles. The predicted molar refractivity (Wildman–Crippen MR) is 145 cm³/mol. The van der Waals surface area contributed by atoms with Gasteiger partial charge in [0.25, 0.3) is 0 Å². The van der Waals surface area contributed by atoms with E-state index in [4.69, 9.17) is 0 Å². The number of likely N-dealkylation sites (N-methyl/N-ethyl adjacent to an activating group) is 2. The minimum Gasteiger partial charge on any atom is -0.371 e. The van der Waals surface area contributed by atoms with E-state index in [1.807, 2.05) is 6.20 Å². The molecule has 5 nitrogen and oxygen atoms in total. The number of amides is 1. The van der Waals surface area contributed by atoms with Crippen LogP contribution in [-0.2, 0) is 4.79 Å². The second-order valence-corrected chi connectivity index (χ2v) is 9.95. The first kappa shape index (κ1) is 25.2. The number of fused-ring (bicyclic) bond motifs is 1. The van der Waals surface area contributed by atoms with Gasteiger partial charge in [-0.3, -0.25) is 4.79 Å². The van der Waals surface area contributed by atoms with Crippen molar-refractivity contribution in [3.63, 3.8) is 0 Å². The zero-order chi connectivity index (χ0) is 24.8. The summed E-state index contributed by atoms with van der Waals surface area (Å²) in [6, 6.07) is 0.234. The molecule has 1 fully saturated rings. The van der Waals surface area contributed by atoms with Gasteiger partial charge < -0.3 is 20.0 Å². The molecule has 2 unspecified atom stereocenters. The van der Waals surface area contributed by atoms with Gasteiger partial charge in [0.1, 0.15) is 0 Å². The second-order valence-electron chi connectivity index (χ2n) is 9.95. The molecule has 0 saturated carbocycles. The van der Waals surface area contributed by atoms with Crippen LogP contribution in [0.3, 0.4) is 0 Å². The summed E-state index contributed by atoms with van der Waals surface area (Å²) in [5, 5.41) is 2.82. The maximum Gasteiger partial charge on any atom is 0.211 e. The highest BCUT2D eigenvalue weighted by Crippen LogP contribution is 2.40. The Morgan fingerprint density at radius 1 is 1.14 bits per heavy atom. The van der Waals surface area contributed by atoms with E-state index in [1.54, 1.807) is 0 Å². The van der Waals surface area contributed by atoms with Crippen LogP contribution >= 0.6 is 0 Å². The van der Waals surface area contributed by atoms with Gasteiger partial charge in [-0.25, -0.2) is 0 Å². The molecule has 4 rings (SSSR count). The van der Waals surface area contributed by atoms with Crippen molar-refractivity contribution in [2.75, 3.05) is 26.7 Å². The molecule has 35 heavy (non-hydrogen) atoms. The molecule has 188 valence electrons. The quantitative estimate of drug-likeness (QED) is 0.464. The zero-order valence-corrected chi connectivity index (χ0v) is 22.0. The van der Waals surface area contributed by atoms with E-state index in [1.165, 1.54) is 47.5 Å². The lowest BCUT2D eigenvalue weighted by atomic mass is 9.88. The number of carbonyl (C=O) groups is 1. The van der Waals surface area contributed by atoms with Crippen LogP contribution in [0.25, 0.3) is 0 Å². The minimum atomic E-state index is 0.234. The van der Waals surface area contributed by atoms with E-state index >= 15 is 0 Å². The Labute approximate surface area is 211 Å². The normalized spacial score (nSPS) is 25.9. The fourth-order valence-electron chi connectivity index (χ4n) is 5.72. The highest BCUT2D eigenvalue weighted by molar-refractivity contribution is 5.56. The summed E-state index contributed by atoms with van der Waals surface area (Å²) in [4.78, 5) is 18.6. The van der Waals surface area contributed by atoms with Crippen LogP contribution in [0, 0.1) is 5.92 Å².